The van der Waals surface area contributed by atoms with Crippen molar-refractivity contribution in [1.29, 1.82) is 0 Å². The van der Waals surface area contributed by atoms with E-state index >= 15 is 0 Å². The molecule has 2 aromatic heterocycles. The van der Waals surface area contributed by atoms with Crippen LogP contribution in [0.3, 0.4) is 0 Å². The molecule has 0 saturated carbocycles. The molecule has 2 aromatic carbocycles. The maximum atomic E-state index is 13.0. The van der Waals surface area contributed by atoms with E-state index in [1.54, 1.807) is 7.05 Å². The second kappa shape index (κ2) is 9.61. The first-order valence-corrected chi connectivity index (χ1v) is 11.9. The molecule has 5 rings (SSSR count). The van der Waals surface area contributed by atoms with Crippen molar-refractivity contribution in [3.05, 3.63) is 60.2 Å². The number of H-pyrrole nitrogens is 1. The molecule has 0 unspecified atom stereocenters. The maximum absolute atomic E-state index is 13.0. The van der Waals surface area contributed by atoms with E-state index in [1.807, 2.05) is 54.6 Å². The van der Waals surface area contributed by atoms with Crippen LogP contribution in [-0.4, -0.2) is 45.7 Å². The molecule has 0 bridgehead atoms. The molecule has 0 spiro atoms. The van der Waals surface area contributed by atoms with Crippen molar-refractivity contribution in [1.82, 2.24) is 25.5 Å². The number of piperidine rings is 1. The van der Waals surface area contributed by atoms with Crippen LogP contribution < -0.4 is 21.3 Å². The van der Waals surface area contributed by atoms with Gasteiger partial charge in [0.05, 0.1) is 17.1 Å². The lowest BCUT2D eigenvalue weighted by Gasteiger charge is -2.38. The number of carbonyl (C=O) groups excluding carboxylic acids is 1. The number of hydrogen-bond donors (Lipinski definition) is 4. The number of fused-ring (bicyclic) bond motifs is 1. The van der Waals surface area contributed by atoms with Crippen LogP contribution >= 0.6 is 0 Å². The van der Waals surface area contributed by atoms with Gasteiger partial charge >= 0.3 is 0 Å². The second-order valence-corrected chi connectivity index (χ2v) is 9.03. The predicted octanol–water partition coefficient (Wildman–Crippen LogP) is 3.57. The van der Waals surface area contributed by atoms with Crippen LogP contribution in [0.15, 0.2) is 54.6 Å². The van der Waals surface area contributed by atoms with Crippen LogP contribution in [0.25, 0.3) is 22.2 Å². The molecule has 1 aliphatic heterocycles. The molecule has 1 saturated heterocycles. The number of hydrogen-bond acceptors (Lipinski definition) is 7. The van der Waals surface area contributed by atoms with Crippen molar-refractivity contribution in [2.75, 3.05) is 29.5 Å². The number of rotatable bonds is 6. The largest absolute Gasteiger partial charge is 0.382 e. The van der Waals surface area contributed by atoms with Gasteiger partial charge in [-0.3, -0.25) is 9.89 Å². The number of nitrogens with one attached hydrogen (secondary N) is 3. The Labute approximate surface area is 204 Å². The number of nitrogens with zero attached hydrogens (tertiary/aromatic N) is 4. The number of anilines is 3. The predicted molar refractivity (Wildman–Crippen MR) is 139 cm³/mol. The zero-order valence-electron chi connectivity index (χ0n) is 20.0. The summed E-state index contributed by atoms with van der Waals surface area (Å²) >= 11 is 0. The molecule has 9 heteroatoms. The number of carbonyl (C=O) groups is 1. The molecule has 0 aliphatic carbocycles. The minimum Gasteiger partial charge on any atom is -0.382 e. The Bertz CT molecular complexity index is 1340. The van der Waals surface area contributed by atoms with E-state index in [2.05, 4.69) is 37.6 Å². The van der Waals surface area contributed by atoms with Crippen LogP contribution in [-0.2, 0) is 11.3 Å². The SMILES string of the molecule is CNc1nc(-c2ccc3c(N)n[nH]c3c2)cc(N2C[C@@H](C(=O)NCc3ccccc3)CC[C@H]2C)n1. The highest BCUT2D eigenvalue weighted by Gasteiger charge is 2.31. The smallest absolute Gasteiger partial charge is 0.225 e. The molecule has 1 aliphatic rings. The van der Waals surface area contributed by atoms with E-state index in [-0.39, 0.29) is 17.9 Å². The van der Waals surface area contributed by atoms with Crippen molar-refractivity contribution < 1.29 is 4.79 Å². The zero-order chi connectivity index (χ0) is 24.4. The Hall–Kier alpha value is -4.14. The number of nitrogens with two attached hydrogens (primary N) is 1. The average Bonchev–Trinajstić information content (AvgIpc) is 3.27. The molecule has 1 fully saturated rings. The molecular formula is C26H30N8O. The minimum atomic E-state index is -0.101. The van der Waals surface area contributed by atoms with Gasteiger partial charge in [-0.1, -0.05) is 36.4 Å². The van der Waals surface area contributed by atoms with Gasteiger partial charge in [-0.2, -0.15) is 10.1 Å². The number of benzene rings is 2. The zero-order valence-corrected chi connectivity index (χ0v) is 20.0. The lowest BCUT2D eigenvalue weighted by Crippen LogP contribution is -2.47. The van der Waals surface area contributed by atoms with E-state index in [4.69, 9.17) is 10.7 Å². The molecule has 4 aromatic rings. The number of nitrogen functional groups attached to an aromatic ring is 1. The normalized spacial score (nSPS) is 17.9. The fraction of sp³-hybridized carbons (Fsp3) is 0.308. The summed E-state index contributed by atoms with van der Waals surface area (Å²) in [6.07, 6.45) is 1.77. The van der Waals surface area contributed by atoms with Gasteiger partial charge < -0.3 is 21.3 Å². The topological polar surface area (TPSA) is 125 Å². The molecule has 35 heavy (non-hydrogen) atoms. The summed E-state index contributed by atoms with van der Waals surface area (Å²) in [6, 6.07) is 18.2. The van der Waals surface area contributed by atoms with E-state index in [0.717, 1.165) is 46.4 Å². The second-order valence-electron chi connectivity index (χ2n) is 9.03. The van der Waals surface area contributed by atoms with Gasteiger partial charge in [0.1, 0.15) is 5.82 Å². The Balaban J connectivity index is 1.38. The summed E-state index contributed by atoms with van der Waals surface area (Å²) in [5, 5.41) is 14.1. The first-order valence-electron chi connectivity index (χ1n) is 11.9. The third-order valence-corrected chi connectivity index (χ3v) is 6.68. The van der Waals surface area contributed by atoms with Crippen molar-refractivity contribution in [2.24, 2.45) is 5.92 Å². The van der Waals surface area contributed by atoms with Gasteiger partial charge in [0.15, 0.2) is 5.82 Å². The van der Waals surface area contributed by atoms with Crippen molar-refractivity contribution in [3.63, 3.8) is 0 Å². The van der Waals surface area contributed by atoms with Crippen LogP contribution in [0.5, 0.6) is 0 Å². The number of aromatic nitrogens is 4. The Morgan fingerprint density at radius 1 is 1.14 bits per heavy atom. The number of aromatic amines is 1. The highest BCUT2D eigenvalue weighted by molar-refractivity contribution is 5.91. The molecule has 3 heterocycles. The van der Waals surface area contributed by atoms with Crippen molar-refractivity contribution in [2.45, 2.75) is 32.4 Å². The summed E-state index contributed by atoms with van der Waals surface area (Å²) in [5.41, 5.74) is 9.59. The third kappa shape index (κ3) is 4.75. The first kappa shape index (κ1) is 22.6. The summed E-state index contributed by atoms with van der Waals surface area (Å²) in [4.78, 5) is 24.6. The monoisotopic (exact) mass is 470 g/mol. The Morgan fingerprint density at radius 3 is 2.77 bits per heavy atom. The lowest BCUT2D eigenvalue weighted by atomic mass is 9.92. The summed E-state index contributed by atoms with van der Waals surface area (Å²) in [6.45, 7) is 3.32. The standard InChI is InChI=1S/C26H30N8O/c1-16-8-9-19(25(35)29-14-17-6-4-3-5-7-17)15-34(16)23-13-21(30-26(28-2)31-23)18-10-11-20-22(12-18)32-33-24(20)27/h3-7,10-13,16,19H,8-9,14-15H2,1-2H3,(H,29,35)(H3,27,32,33)(H,28,30,31)/t16-,19+/m1/s1. The summed E-state index contributed by atoms with van der Waals surface area (Å²) < 4.78 is 0. The van der Waals surface area contributed by atoms with E-state index in [9.17, 15) is 4.79 Å². The average molecular weight is 471 g/mol. The quantitative estimate of drug-likeness (QED) is 0.339. The molecule has 2 atom stereocenters. The van der Waals surface area contributed by atoms with Crippen LogP contribution in [0, 0.1) is 5.92 Å². The third-order valence-electron chi connectivity index (χ3n) is 6.68. The molecule has 180 valence electrons. The van der Waals surface area contributed by atoms with Gasteiger partial charge in [-0.05, 0) is 37.5 Å². The van der Waals surface area contributed by atoms with Crippen LogP contribution in [0.4, 0.5) is 17.6 Å². The summed E-state index contributed by atoms with van der Waals surface area (Å²) in [7, 11) is 1.81. The number of amides is 1. The van der Waals surface area contributed by atoms with Gasteiger partial charge in [0.2, 0.25) is 11.9 Å². The van der Waals surface area contributed by atoms with Gasteiger partial charge in [0, 0.05) is 43.2 Å². The van der Waals surface area contributed by atoms with Crippen LogP contribution in [0.2, 0.25) is 0 Å². The van der Waals surface area contributed by atoms with Gasteiger partial charge in [-0.15, -0.1) is 0 Å². The highest BCUT2D eigenvalue weighted by atomic mass is 16.1. The fourth-order valence-corrected chi connectivity index (χ4v) is 4.61. The van der Waals surface area contributed by atoms with Crippen LogP contribution in [0.1, 0.15) is 25.3 Å². The lowest BCUT2D eigenvalue weighted by molar-refractivity contribution is -0.125. The van der Waals surface area contributed by atoms with Gasteiger partial charge in [-0.25, -0.2) is 4.98 Å². The first-order chi connectivity index (χ1) is 17.0. The van der Waals surface area contributed by atoms with E-state index in [0.29, 0.717) is 24.9 Å². The molecule has 9 nitrogen and oxygen atoms in total. The highest BCUT2D eigenvalue weighted by Crippen LogP contribution is 2.31. The molecular weight excluding hydrogens is 440 g/mol. The molecule has 0 radical (unpaired) electrons. The van der Waals surface area contributed by atoms with E-state index in [1.165, 1.54) is 0 Å². The Morgan fingerprint density at radius 2 is 1.97 bits per heavy atom. The maximum Gasteiger partial charge on any atom is 0.225 e. The summed E-state index contributed by atoms with van der Waals surface area (Å²) in [5.74, 6) is 1.79. The Kier molecular flexibility index (Phi) is 6.22. The fourth-order valence-electron chi connectivity index (χ4n) is 4.61. The van der Waals surface area contributed by atoms with Crippen molar-refractivity contribution in [3.8, 4) is 11.3 Å². The van der Waals surface area contributed by atoms with E-state index < -0.39 is 0 Å². The molecule has 5 N–H and O–H groups in total. The van der Waals surface area contributed by atoms with Crippen molar-refractivity contribution >= 4 is 34.4 Å². The minimum absolute atomic E-state index is 0.0798. The van der Waals surface area contributed by atoms with Gasteiger partial charge in [0.25, 0.3) is 0 Å². The molecule has 1 amide bonds.